The molecule has 0 radical (unpaired) electrons. The van der Waals surface area contributed by atoms with Crippen molar-refractivity contribution in [2.45, 2.75) is 24.7 Å². The SMILES string of the molecule is CCS(=O)(=O)c1cc(CCCO)c[nH]c1=O. The number of aliphatic hydroxyl groups excluding tert-OH is 1. The Morgan fingerprint density at radius 3 is 2.69 bits per heavy atom. The van der Waals surface area contributed by atoms with E-state index in [0.717, 1.165) is 0 Å². The normalized spacial score (nSPS) is 11.6. The molecule has 0 bridgehead atoms. The molecule has 6 heteroatoms. The molecule has 0 unspecified atom stereocenters. The lowest BCUT2D eigenvalue weighted by molar-refractivity contribution is 0.288. The molecule has 1 aromatic rings. The standard InChI is InChI=1S/C10H15NO4S/c1-2-16(14,15)9-6-8(4-3-5-12)7-11-10(9)13/h6-7,12H,2-5H2,1H3,(H,11,13). The Hall–Kier alpha value is -1.14. The Morgan fingerprint density at radius 2 is 2.12 bits per heavy atom. The quantitative estimate of drug-likeness (QED) is 0.770. The van der Waals surface area contributed by atoms with E-state index in [0.29, 0.717) is 18.4 Å². The summed E-state index contributed by atoms with van der Waals surface area (Å²) >= 11 is 0. The zero-order chi connectivity index (χ0) is 12.2. The summed E-state index contributed by atoms with van der Waals surface area (Å²) in [6.07, 6.45) is 2.56. The van der Waals surface area contributed by atoms with Crippen molar-refractivity contribution in [2.75, 3.05) is 12.4 Å². The van der Waals surface area contributed by atoms with Gasteiger partial charge in [-0.2, -0.15) is 0 Å². The number of sulfone groups is 1. The molecule has 0 aliphatic heterocycles. The fourth-order valence-corrected chi connectivity index (χ4v) is 2.30. The topological polar surface area (TPSA) is 87.2 Å². The zero-order valence-electron chi connectivity index (χ0n) is 9.06. The van der Waals surface area contributed by atoms with Gasteiger partial charge in [0.2, 0.25) is 0 Å². The van der Waals surface area contributed by atoms with E-state index in [1.165, 1.54) is 19.2 Å². The van der Waals surface area contributed by atoms with Crippen molar-refractivity contribution >= 4 is 9.84 Å². The number of pyridine rings is 1. The first-order chi connectivity index (χ1) is 7.51. The highest BCUT2D eigenvalue weighted by Gasteiger charge is 2.16. The Kier molecular flexibility index (Phi) is 4.26. The number of aromatic nitrogens is 1. The second-order valence-corrected chi connectivity index (χ2v) is 5.68. The Morgan fingerprint density at radius 1 is 1.44 bits per heavy atom. The van der Waals surface area contributed by atoms with Crippen molar-refractivity contribution < 1.29 is 13.5 Å². The van der Waals surface area contributed by atoms with Crippen molar-refractivity contribution in [1.82, 2.24) is 4.98 Å². The minimum Gasteiger partial charge on any atom is -0.396 e. The molecule has 2 N–H and O–H groups in total. The van der Waals surface area contributed by atoms with Crippen LogP contribution >= 0.6 is 0 Å². The van der Waals surface area contributed by atoms with E-state index in [-0.39, 0.29) is 17.3 Å². The molecule has 1 rings (SSSR count). The fraction of sp³-hybridized carbons (Fsp3) is 0.500. The van der Waals surface area contributed by atoms with Gasteiger partial charge < -0.3 is 10.1 Å². The Bertz CT molecular complexity index is 504. The molecule has 0 aromatic carbocycles. The summed E-state index contributed by atoms with van der Waals surface area (Å²) < 4.78 is 23.2. The minimum atomic E-state index is -3.48. The van der Waals surface area contributed by atoms with Crippen LogP contribution in [0.5, 0.6) is 0 Å². The largest absolute Gasteiger partial charge is 0.396 e. The van der Waals surface area contributed by atoms with E-state index >= 15 is 0 Å². The Labute approximate surface area is 94.1 Å². The van der Waals surface area contributed by atoms with Crippen LogP contribution in [0.1, 0.15) is 18.9 Å². The molecular weight excluding hydrogens is 230 g/mol. The number of hydrogen-bond donors (Lipinski definition) is 2. The third-order valence-electron chi connectivity index (χ3n) is 2.27. The average molecular weight is 245 g/mol. The van der Waals surface area contributed by atoms with Gasteiger partial charge in [-0.05, 0) is 24.5 Å². The van der Waals surface area contributed by atoms with Crippen molar-refractivity contribution in [2.24, 2.45) is 0 Å². The molecule has 5 nitrogen and oxygen atoms in total. The highest BCUT2D eigenvalue weighted by molar-refractivity contribution is 7.91. The molecular formula is C10H15NO4S. The van der Waals surface area contributed by atoms with Gasteiger partial charge in [-0.15, -0.1) is 0 Å². The van der Waals surface area contributed by atoms with Crippen LogP contribution in [0.25, 0.3) is 0 Å². The highest BCUT2D eigenvalue weighted by atomic mass is 32.2. The van der Waals surface area contributed by atoms with Crippen LogP contribution in [0, 0.1) is 0 Å². The van der Waals surface area contributed by atoms with Crippen LogP contribution in [0.2, 0.25) is 0 Å². The summed E-state index contributed by atoms with van der Waals surface area (Å²) in [7, 11) is -3.48. The van der Waals surface area contributed by atoms with Gasteiger partial charge in [0.15, 0.2) is 9.84 Å². The maximum Gasteiger partial charge on any atom is 0.266 e. The van der Waals surface area contributed by atoms with E-state index in [9.17, 15) is 13.2 Å². The van der Waals surface area contributed by atoms with Crippen LogP contribution in [0.3, 0.4) is 0 Å². The first-order valence-electron chi connectivity index (χ1n) is 5.06. The molecule has 0 saturated heterocycles. The lowest BCUT2D eigenvalue weighted by Crippen LogP contribution is -2.19. The lowest BCUT2D eigenvalue weighted by atomic mass is 10.2. The number of hydrogen-bond acceptors (Lipinski definition) is 4. The van der Waals surface area contributed by atoms with Gasteiger partial charge in [-0.3, -0.25) is 4.79 Å². The van der Waals surface area contributed by atoms with Crippen molar-refractivity contribution in [3.05, 3.63) is 28.2 Å². The number of aromatic amines is 1. The second-order valence-electron chi connectivity index (χ2n) is 3.43. The number of nitrogens with one attached hydrogen (secondary N) is 1. The molecule has 0 aliphatic rings. The van der Waals surface area contributed by atoms with Gasteiger partial charge in [0.05, 0.1) is 5.75 Å². The molecule has 0 aliphatic carbocycles. The van der Waals surface area contributed by atoms with Crippen LogP contribution in [-0.4, -0.2) is 30.9 Å². The molecule has 0 fully saturated rings. The molecule has 16 heavy (non-hydrogen) atoms. The number of rotatable bonds is 5. The zero-order valence-corrected chi connectivity index (χ0v) is 9.88. The summed E-state index contributed by atoms with van der Waals surface area (Å²) in [4.78, 5) is 13.6. The van der Waals surface area contributed by atoms with Gasteiger partial charge >= 0.3 is 0 Å². The first-order valence-corrected chi connectivity index (χ1v) is 6.71. The number of H-pyrrole nitrogens is 1. The van der Waals surface area contributed by atoms with E-state index < -0.39 is 15.4 Å². The number of aryl methyl sites for hydroxylation is 1. The van der Waals surface area contributed by atoms with Gasteiger partial charge in [-0.25, -0.2) is 8.42 Å². The van der Waals surface area contributed by atoms with Gasteiger partial charge in [-0.1, -0.05) is 6.92 Å². The maximum atomic E-state index is 11.6. The van der Waals surface area contributed by atoms with Crippen molar-refractivity contribution in [3.63, 3.8) is 0 Å². The first kappa shape index (κ1) is 12.9. The van der Waals surface area contributed by atoms with Crippen molar-refractivity contribution in [1.29, 1.82) is 0 Å². The van der Waals surface area contributed by atoms with Gasteiger partial charge in [0, 0.05) is 12.8 Å². The Balaban J connectivity index is 3.14. The van der Waals surface area contributed by atoms with E-state index in [2.05, 4.69) is 4.98 Å². The predicted molar refractivity (Wildman–Crippen MR) is 60.2 cm³/mol. The number of aliphatic hydroxyl groups is 1. The predicted octanol–water partition coefficient (Wildman–Crippen LogP) is 0.0934. The van der Waals surface area contributed by atoms with Crippen LogP contribution in [0.15, 0.2) is 22.0 Å². The van der Waals surface area contributed by atoms with Crippen molar-refractivity contribution in [3.8, 4) is 0 Å². The summed E-state index contributed by atoms with van der Waals surface area (Å²) in [6, 6.07) is 1.38. The van der Waals surface area contributed by atoms with Crippen LogP contribution < -0.4 is 5.56 Å². The molecule has 0 spiro atoms. The summed E-state index contributed by atoms with van der Waals surface area (Å²) in [5, 5.41) is 8.67. The van der Waals surface area contributed by atoms with Crippen LogP contribution in [0.4, 0.5) is 0 Å². The third-order valence-corrected chi connectivity index (χ3v) is 4.00. The molecule has 90 valence electrons. The fourth-order valence-electron chi connectivity index (χ4n) is 1.32. The molecule has 1 aromatic heterocycles. The second kappa shape index (κ2) is 5.27. The summed E-state index contributed by atoms with van der Waals surface area (Å²) in [5.74, 6) is -0.0977. The molecule has 1 heterocycles. The van der Waals surface area contributed by atoms with E-state index in [1.54, 1.807) is 0 Å². The average Bonchev–Trinajstić information content (AvgIpc) is 2.27. The molecule has 0 saturated carbocycles. The summed E-state index contributed by atoms with van der Waals surface area (Å²) in [5.41, 5.74) is 0.121. The smallest absolute Gasteiger partial charge is 0.266 e. The van der Waals surface area contributed by atoms with Gasteiger partial charge in [0.25, 0.3) is 5.56 Å². The highest BCUT2D eigenvalue weighted by Crippen LogP contribution is 2.08. The van der Waals surface area contributed by atoms with E-state index in [1.807, 2.05) is 0 Å². The monoisotopic (exact) mass is 245 g/mol. The third kappa shape index (κ3) is 2.93. The van der Waals surface area contributed by atoms with Crippen LogP contribution in [-0.2, 0) is 16.3 Å². The van der Waals surface area contributed by atoms with Gasteiger partial charge in [0.1, 0.15) is 4.90 Å². The lowest BCUT2D eigenvalue weighted by Gasteiger charge is -2.03. The maximum absolute atomic E-state index is 11.6. The minimum absolute atomic E-state index is 0.0367. The van der Waals surface area contributed by atoms with E-state index in [4.69, 9.17) is 5.11 Å². The molecule has 0 atom stereocenters. The summed E-state index contributed by atoms with van der Waals surface area (Å²) in [6.45, 7) is 1.53. The molecule has 0 amide bonds.